The van der Waals surface area contributed by atoms with Crippen LogP contribution < -0.4 is 10.5 Å². The van der Waals surface area contributed by atoms with Crippen molar-refractivity contribution in [3.05, 3.63) is 35.7 Å². The van der Waals surface area contributed by atoms with Crippen LogP contribution in [0.4, 0.5) is 0 Å². The van der Waals surface area contributed by atoms with Gasteiger partial charge in [-0.1, -0.05) is 23.9 Å². The van der Waals surface area contributed by atoms with Gasteiger partial charge >= 0.3 is 0 Å². The van der Waals surface area contributed by atoms with Crippen LogP contribution in [0.2, 0.25) is 0 Å². The number of thioether (sulfide) groups is 1. The summed E-state index contributed by atoms with van der Waals surface area (Å²) in [5.41, 5.74) is 5.81. The highest BCUT2D eigenvalue weighted by molar-refractivity contribution is 7.99. The Morgan fingerprint density at radius 3 is 2.76 bits per heavy atom. The summed E-state index contributed by atoms with van der Waals surface area (Å²) in [6, 6.07) is 7.14. The summed E-state index contributed by atoms with van der Waals surface area (Å²) in [7, 11) is 1.54. The molecular formula is C17H20N4O3S. The van der Waals surface area contributed by atoms with Crippen LogP contribution in [0.25, 0.3) is 0 Å². The first-order chi connectivity index (χ1) is 12.1. The summed E-state index contributed by atoms with van der Waals surface area (Å²) >= 11 is 1.32. The van der Waals surface area contributed by atoms with E-state index in [1.807, 2.05) is 10.6 Å². The average Bonchev–Trinajstić information content (AvgIpc) is 3.38. The van der Waals surface area contributed by atoms with Crippen LogP contribution in [0.15, 0.2) is 29.4 Å². The van der Waals surface area contributed by atoms with E-state index in [4.69, 9.17) is 10.5 Å². The Bertz CT molecular complexity index is 786. The van der Waals surface area contributed by atoms with E-state index in [-0.39, 0.29) is 23.9 Å². The molecule has 1 aliphatic carbocycles. The number of amides is 1. The number of aromatic nitrogens is 3. The summed E-state index contributed by atoms with van der Waals surface area (Å²) in [5, 5.41) is 9.09. The van der Waals surface area contributed by atoms with Gasteiger partial charge in [0.25, 0.3) is 0 Å². The van der Waals surface area contributed by atoms with Crippen molar-refractivity contribution in [2.45, 2.75) is 36.9 Å². The van der Waals surface area contributed by atoms with Crippen molar-refractivity contribution >= 4 is 23.5 Å². The number of nitrogens with two attached hydrogens (primary N) is 1. The smallest absolute Gasteiger partial charge is 0.219 e. The maximum atomic E-state index is 12.5. The molecule has 0 radical (unpaired) electrons. The number of nitrogens with zero attached hydrogens (tertiary/aromatic N) is 3. The molecule has 0 aliphatic heterocycles. The van der Waals surface area contributed by atoms with Crippen molar-refractivity contribution in [2.75, 3.05) is 12.9 Å². The number of methoxy groups -OCH3 is 1. The van der Waals surface area contributed by atoms with E-state index in [0.29, 0.717) is 28.9 Å². The number of rotatable bonds is 9. The van der Waals surface area contributed by atoms with Gasteiger partial charge in [0.05, 0.1) is 18.4 Å². The molecule has 1 saturated carbocycles. The second kappa shape index (κ2) is 7.69. The first-order valence-electron chi connectivity index (χ1n) is 8.10. The molecule has 2 aromatic rings. The molecular weight excluding hydrogens is 340 g/mol. The molecule has 1 fully saturated rings. The number of ether oxygens (including phenoxy) is 1. The van der Waals surface area contributed by atoms with Crippen molar-refractivity contribution in [3.63, 3.8) is 0 Å². The topological polar surface area (TPSA) is 100 Å². The lowest BCUT2D eigenvalue weighted by Gasteiger charge is -2.09. The minimum atomic E-state index is -0.364. The van der Waals surface area contributed by atoms with E-state index in [2.05, 4.69) is 10.2 Å². The van der Waals surface area contributed by atoms with Gasteiger partial charge in [-0.25, -0.2) is 0 Å². The van der Waals surface area contributed by atoms with Gasteiger partial charge in [0.15, 0.2) is 10.9 Å². The number of benzene rings is 1. The maximum absolute atomic E-state index is 12.5. The number of primary amides is 1. The monoisotopic (exact) mass is 360 g/mol. The van der Waals surface area contributed by atoms with Crippen molar-refractivity contribution in [2.24, 2.45) is 5.73 Å². The zero-order valence-corrected chi connectivity index (χ0v) is 14.8. The second-order valence-corrected chi connectivity index (χ2v) is 6.84. The van der Waals surface area contributed by atoms with Crippen LogP contribution in [-0.4, -0.2) is 39.3 Å². The highest BCUT2D eigenvalue weighted by Gasteiger charge is 2.30. The van der Waals surface area contributed by atoms with Crippen LogP contribution in [0.1, 0.15) is 41.4 Å². The molecule has 132 valence electrons. The van der Waals surface area contributed by atoms with Crippen molar-refractivity contribution < 1.29 is 14.3 Å². The third-order valence-corrected chi connectivity index (χ3v) is 4.98. The molecule has 1 amide bonds. The highest BCUT2D eigenvalue weighted by Crippen LogP contribution is 2.40. The summed E-state index contributed by atoms with van der Waals surface area (Å²) in [6.07, 6.45) is 2.39. The number of carbonyl (C=O) groups is 2. The van der Waals surface area contributed by atoms with E-state index < -0.39 is 0 Å². The Morgan fingerprint density at radius 1 is 1.32 bits per heavy atom. The molecule has 3 rings (SSSR count). The molecule has 0 bridgehead atoms. The number of ketones is 1. The van der Waals surface area contributed by atoms with E-state index >= 15 is 0 Å². The molecule has 0 atom stereocenters. The van der Waals surface area contributed by atoms with Crippen LogP contribution in [0.3, 0.4) is 0 Å². The van der Waals surface area contributed by atoms with Crippen LogP contribution in [-0.2, 0) is 11.3 Å². The first-order valence-corrected chi connectivity index (χ1v) is 9.09. The fraction of sp³-hybridized carbons (Fsp3) is 0.412. The lowest BCUT2D eigenvalue weighted by Crippen LogP contribution is -2.16. The molecule has 8 heteroatoms. The Hall–Kier alpha value is -2.35. The van der Waals surface area contributed by atoms with Crippen LogP contribution in [0, 0.1) is 0 Å². The number of Topliss-reactive ketones (excluding diaryl/α,β-unsaturated/α-hetero) is 1. The summed E-state index contributed by atoms with van der Waals surface area (Å²) in [5.74, 6) is 1.66. The second-order valence-electron chi connectivity index (χ2n) is 5.90. The number of carbonyl (C=O) groups excluding carboxylic acids is 2. The van der Waals surface area contributed by atoms with Crippen molar-refractivity contribution in [1.29, 1.82) is 0 Å². The summed E-state index contributed by atoms with van der Waals surface area (Å²) in [6.45, 7) is 0.444. The van der Waals surface area contributed by atoms with Crippen LogP contribution >= 0.6 is 11.8 Å². The normalized spacial score (nSPS) is 13.6. The summed E-state index contributed by atoms with van der Waals surface area (Å²) < 4.78 is 7.16. The lowest BCUT2D eigenvalue weighted by atomic mass is 10.1. The molecule has 0 spiro atoms. The third kappa shape index (κ3) is 4.19. The Morgan fingerprint density at radius 2 is 2.08 bits per heavy atom. The molecule has 25 heavy (non-hydrogen) atoms. The highest BCUT2D eigenvalue weighted by atomic mass is 32.2. The molecule has 7 nitrogen and oxygen atoms in total. The predicted octanol–water partition coefficient (Wildman–Crippen LogP) is 2.01. The average molecular weight is 360 g/mol. The minimum Gasteiger partial charge on any atom is -0.496 e. The van der Waals surface area contributed by atoms with Crippen LogP contribution in [0.5, 0.6) is 5.75 Å². The van der Waals surface area contributed by atoms with E-state index in [0.717, 1.165) is 18.7 Å². The first kappa shape index (κ1) is 17.5. The fourth-order valence-electron chi connectivity index (χ4n) is 2.57. The third-order valence-electron chi connectivity index (χ3n) is 4.01. The molecule has 1 aromatic heterocycles. The van der Waals surface area contributed by atoms with Gasteiger partial charge in [-0.2, -0.15) is 0 Å². The Labute approximate surface area is 149 Å². The molecule has 0 saturated heterocycles. The Kier molecular flexibility index (Phi) is 5.37. The molecule has 1 aliphatic rings. The van der Waals surface area contributed by atoms with Gasteiger partial charge in [0.1, 0.15) is 11.6 Å². The SMILES string of the molecule is COc1ccccc1C(=O)CSc1nnc(C2CC2)n1CCC(N)=O. The maximum Gasteiger partial charge on any atom is 0.219 e. The standard InChI is InChI=1S/C17H20N4O3S/c1-24-14-5-3-2-4-12(14)13(22)10-25-17-20-19-16(11-6-7-11)21(17)9-8-15(18)23/h2-5,11H,6-10H2,1H3,(H2,18,23). The predicted molar refractivity (Wildman–Crippen MR) is 93.9 cm³/mol. The van der Waals surface area contributed by atoms with Crippen molar-refractivity contribution in [1.82, 2.24) is 14.8 Å². The molecule has 0 unspecified atom stereocenters. The molecule has 2 N–H and O–H groups in total. The number of hydrogen-bond donors (Lipinski definition) is 1. The largest absolute Gasteiger partial charge is 0.496 e. The summed E-state index contributed by atoms with van der Waals surface area (Å²) in [4.78, 5) is 23.6. The molecule has 1 aromatic carbocycles. The van der Waals surface area contributed by atoms with E-state index in [1.54, 1.807) is 25.3 Å². The quantitative estimate of drug-likeness (QED) is 0.542. The zero-order chi connectivity index (χ0) is 17.8. The fourth-order valence-corrected chi connectivity index (χ4v) is 3.42. The Balaban J connectivity index is 1.72. The van der Waals surface area contributed by atoms with E-state index in [9.17, 15) is 9.59 Å². The van der Waals surface area contributed by atoms with Gasteiger partial charge in [-0.3, -0.25) is 9.59 Å². The van der Waals surface area contributed by atoms with Crippen molar-refractivity contribution in [3.8, 4) is 5.75 Å². The van der Waals surface area contributed by atoms with Gasteiger partial charge in [-0.15, -0.1) is 10.2 Å². The number of hydrogen-bond acceptors (Lipinski definition) is 6. The lowest BCUT2D eigenvalue weighted by molar-refractivity contribution is -0.118. The van der Waals surface area contributed by atoms with E-state index in [1.165, 1.54) is 11.8 Å². The minimum absolute atomic E-state index is 0.0418. The van der Waals surface area contributed by atoms with Gasteiger partial charge in [0, 0.05) is 18.9 Å². The van der Waals surface area contributed by atoms with Gasteiger partial charge in [0.2, 0.25) is 5.91 Å². The van der Waals surface area contributed by atoms with Gasteiger partial charge < -0.3 is 15.0 Å². The molecule has 1 heterocycles. The van der Waals surface area contributed by atoms with Gasteiger partial charge in [-0.05, 0) is 25.0 Å². The zero-order valence-electron chi connectivity index (χ0n) is 14.0. The number of para-hydroxylation sites is 1.